The summed E-state index contributed by atoms with van der Waals surface area (Å²) in [5, 5.41) is 2.92. The average Bonchev–Trinajstić information content (AvgIpc) is 1.89. The molecular formula is C6H11NO3. The van der Waals surface area contributed by atoms with Crippen molar-refractivity contribution in [3.05, 3.63) is 0 Å². The molecule has 0 fully saturated rings. The normalized spacial score (nSPS) is 8.90. The molecule has 0 spiro atoms. The Bertz CT molecular complexity index is 114. The van der Waals surface area contributed by atoms with Gasteiger partial charge in [-0.25, -0.2) is 0 Å². The fraction of sp³-hybridized carbons (Fsp3) is 0.667. The Morgan fingerprint density at radius 3 is 2.90 bits per heavy atom. The monoisotopic (exact) mass is 145 g/mol. The van der Waals surface area contributed by atoms with Crippen LogP contribution in [0.15, 0.2) is 0 Å². The van der Waals surface area contributed by atoms with Gasteiger partial charge in [-0.3, -0.25) is 9.59 Å². The van der Waals surface area contributed by atoms with Crippen molar-refractivity contribution in [1.82, 2.24) is 5.32 Å². The summed E-state index contributed by atoms with van der Waals surface area (Å²) in [6.07, 6.45) is 0.243. The molecule has 0 rings (SSSR count). The first-order valence-electron chi connectivity index (χ1n) is 3.15. The van der Waals surface area contributed by atoms with Crippen LogP contribution in [0.5, 0.6) is 0 Å². The van der Waals surface area contributed by atoms with Gasteiger partial charge in [0.2, 0.25) is 0 Å². The molecule has 0 aromatic carbocycles. The van der Waals surface area contributed by atoms with E-state index in [4.69, 9.17) is 0 Å². The van der Waals surface area contributed by atoms with Crippen molar-refractivity contribution >= 4 is 12.4 Å². The lowest BCUT2D eigenvalue weighted by molar-refractivity contribution is -0.151. The fourth-order valence-corrected chi connectivity index (χ4v) is 0.480. The molecular weight excluding hydrogens is 134 g/mol. The molecule has 58 valence electrons. The third-order valence-corrected chi connectivity index (χ3v) is 0.935. The van der Waals surface area contributed by atoms with Crippen LogP contribution < -0.4 is 5.32 Å². The largest absolute Gasteiger partial charge is 0.395 e. The van der Waals surface area contributed by atoms with Crippen LogP contribution in [0.4, 0.5) is 0 Å². The van der Waals surface area contributed by atoms with Gasteiger partial charge >= 0.3 is 12.4 Å². The van der Waals surface area contributed by atoms with Crippen molar-refractivity contribution in [2.45, 2.75) is 13.3 Å². The van der Waals surface area contributed by atoms with E-state index in [2.05, 4.69) is 10.1 Å². The van der Waals surface area contributed by atoms with Gasteiger partial charge in [0, 0.05) is 6.54 Å². The molecule has 0 saturated carbocycles. The second-order valence-electron chi connectivity index (χ2n) is 1.69. The van der Waals surface area contributed by atoms with Crippen LogP contribution in [0.25, 0.3) is 0 Å². The molecule has 10 heavy (non-hydrogen) atoms. The Hall–Kier alpha value is -0.900. The summed E-state index contributed by atoms with van der Waals surface area (Å²) in [4.78, 5) is 20.0. The number of carbonyl (C=O) groups excluding carboxylic acids is 2. The lowest BCUT2D eigenvalue weighted by atomic mass is 10.4. The SMILES string of the molecule is CCNCCC(=O)OC=O. The van der Waals surface area contributed by atoms with Crippen molar-refractivity contribution in [1.29, 1.82) is 0 Å². The van der Waals surface area contributed by atoms with Gasteiger partial charge in [0.1, 0.15) is 0 Å². The van der Waals surface area contributed by atoms with Crippen molar-refractivity contribution < 1.29 is 14.3 Å². The predicted octanol–water partition coefficient (Wildman–Crippen LogP) is -0.314. The van der Waals surface area contributed by atoms with Gasteiger partial charge in [0.05, 0.1) is 6.42 Å². The fourth-order valence-electron chi connectivity index (χ4n) is 0.480. The summed E-state index contributed by atoms with van der Waals surface area (Å²) >= 11 is 0. The van der Waals surface area contributed by atoms with Crippen molar-refractivity contribution in [2.75, 3.05) is 13.1 Å². The number of hydrogen-bond donors (Lipinski definition) is 1. The van der Waals surface area contributed by atoms with Gasteiger partial charge < -0.3 is 10.1 Å². The zero-order valence-electron chi connectivity index (χ0n) is 5.92. The smallest absolute Gasteiger partial charge is 0.314 e. The Labute approximate surface area is 59.6 Å². The third-order valence-electron chi connectivity index (χ3n) is 0.935. The summed E-state index contributed by atoms with van der Waals surface area (Å²) < 4.78 is 4.03. The first-order valence-corrected chi connectivity index (χ1v) is 3.15. The maximum atomic E-state index is 10.4. The molecule has 0 saturated heterocycles. The Morgan fingerprint density at radius 2 is 2.40 bits per heavy atom. The summed E-state index contributed by atoms with van der Waals surface area (Å²) in [7, 11) is 0. The Kier molecular flexibility index (Phi) is 5.66. The van der Waals surface area contributed by atoms with Gasteiger partial charge in [-0.2, -0.15) is 0 Å². The summed E-state index contributed by atoms with van der Waals surface area (Å²) in [6.45, 7) is 3.46. The van der Waals surface area contributed by atoms with Crippen molar-refractivity contribution in [3.63, 3.8) is 0 Å². The van der Waals surface area contributed by atoms with Crippen molar-refractivity contribution in [3.8, 4) is 0 Å². The van der Waals surface area contributed by atoms with Gasteiger partial charge in [-0.1, -0.05) is 6.92 Å². The zero-order valence-corrected chi connectivity index (χ0v) is 5.92. The Balaban J connectivity index is 3.13. The van der Waals surface area contributed by atoms with Crippen LogP contribution >= 0.6 is 0 Å². The molecule has 4 heteroatoms. The molecule has 0 atom stereocenters. The third kappa shape index (κ3) is 5.24. The van der Waals surface area contributed by atoms with Gasteiger partial charge in [-0.05, 0) is 6.54 Å². The number of hydrogen-bond acceptors (Lipinski definition) is 4. The van der Waals surface area contributed by atoms with Gasteiger partial charge in [0.25, 0.3) is 0 Å². The van der Waals surface area contributed by atoms with E-state index < -0.39 is 5.97 Å². The molecule has 0 radical (unpaired) electrons. The molecule has 0 aromatic rings. The average molecular weight is 145 g/mol. The molecule has 0 amide bonds. The van der Waals surface area contributed by atoms with E-state index in [0.717, 1.165) is 6.54 Å². The predicted molar refractivity (Wildman–Crippen MR) is 35.3 cm³/mol. The number of ether oxygens (including phenoxy) is 1. The van der Waals surface area contributed by atoms with Crippen LogP contribution in [0.3, 0.4) is 0 Å². The van der Waals surface area contributed by atoms with Crippen LogP contribution in [0.2, 0.25) is 0 Å². The summed E-state index contributed by atoms with van der Waals surface area (Å²) in [5.41, 5.74) is 0. The number of esters is 1. The quantitative estimate of drug-likeness (QED) is 0.249. The van der Waals surface area contributed by atoms with E-state index in [1.807, 2.05) is 6.92 Å². The topological polar surface area (TPSA) is 55.4 Å². The van der Waals surface area contributed by atoms with E-state index in [9.17, 15) is 9.59 Å². The summed E-state index contributed by atoms with van der Waals surface area (Å²) in [6, 6.07) is 0. The van der Waals surface area contributed by atoms with Crippen molar-refractivity contribution in [2.24, 2.45) is 0 Å². The molecule has 0 bridgehead atoms. The molecule has 0 aliphatic carbocycles. The summed E-state index contributed by atoms with van der Waals surface area (Å²) in [5.74, 6) is -0.490. The highest BCUT2D eigenvalue weighted by atomic mass is 16.6. The highest BCUT2D eigenvalue weighted by Crippen LogP contribution is 1.80. The van der Waals surface area contributed by atoms with E-state index in [1.165, 1.54) is 0 Å². The molecule has 1 N–H and O–H groups in total. The standard InChI is InChI=1S/C6H11NO3/c1-2-7-4-3-6(9)10-5-8/h5,7H,2-4H2,1H3. The van der Waals surface area contributed by atoms with Gasteiger partial charge in [-0.15, -0.1) is 0 Å². The van der Waals surface area contributed by atoms with Gasteiger partial charge in [0.15, 0.2) is 0 Å². The molecule has 0 aliphatic rings. The van der Waals surface area contributed by atoms with Crippen LogP contribution in [0, 0.1) is 0 Å². The molecule has 0 unspecified atom stereocenters. The van der Waals surface area contributed by atoms with E-state index in [0.29, 0.717) is 6.54 Å². The number of nitrogens with one attached hydrogen (secondary N) is 1. The first-order chi connectivity index (χ1) is 4.81. The lowest BCUT2D eigenvalue weighted by Crippen LogP contribution is -2.18. The lowest BCUT2D eigenvalue weighted by Gasteiger charge is -1.97. The maximum absolute atomic E-state index is 10.4. The molecule has 0 heterocycles. The number of carbonyl (C=O) groups is 2. The zero-order chi connectivity index (χ0) is 7.82. The molecule has 0 aliphatic heterocycles. The maximum Gasteiger partial charge on any atom is 0.314 e. The van der Waals surface area contributed by atoms with Crippen LogP contribution in [-0.4, -0.2) is 25.5 Å². The number of rotatable bonds is 5. The Morgan fingerprint density at radius 1 is 1.70 bits per heavy atom. The second kappa shape index (κ2) is 6.22. The highest BCUT2D eigenvalue weighted by Gasteiger charge is 1.98. The van der Waals surface area contributed by atoms with Crippen LogP contribution in [-0.2, 0) is 14.3 Å². The van der Waals surface area contributed by atoms with E-state index in [-0.39, 0.29) is 12.9 Å². The van der Waals surface area contributed by atoms with E-state index in [1.54, 1.807) is 0 Å². The van der Waals surface area contributed by atoms with Crippen LogP contribution in [0.1, 0.15) is 13.3 Å². The molecule has 4 nitrogen and oxygen atoms in total. The molecule has 0 aromatic heterocycles. The minimum Gasteiger partial charge on any atom is -0.395 e. The highest BCUT2D eigenvalue weighted by molar-refractivity contribution is 5.76. The first kappa shape index (κ1) is 9.10. The second-order valence-corrected chi connectivity index (χ2v) is 1.69. The minimum atomic E-state index is -0.490. The minimum absolute atomic E-state index is 0.147. The van der Waals surface area contributed by atoms with E-state index >= 15 is 0 Å².